The molecule has 0 saturated heterocycles. The fourth-order valence-corrected chi connectivity index (χ4v) is 2.87. The lowest BCUT2D eigenvalue weighted by Gasteiger charge is -2.07. The average Bonchev–Trinajstić information content (AvgIpc) is 2.52. The van der Waals surface area contributed by atoms with Crippen LogP contribution in [0.2, 0.25) is 10.0 Å². The van der Waals surface area contributed by atoms with Crippen LogP contribution in [0, 0.1) is 0 Å². The van der Waals surface area contributed by atoms with Gasteiger partial charge in [0.25, 0.3) is 10.1 Å². The molecule has 0 aliphatic heterocycles. The predicted molar refractivity (Wildman–Crippen MR) is 99.3 cm³/mol. The molecule has 0 atom stereocenters. The molecule has 26 heavy (non-hydrogen) atoms. The van der Waals surface area contributed by atoms with Crippen molar-refractivity contribution in [1.82, 2.24) is 0 Å². The molecule has 0 spiro atoms. The largest absolute Gasteiger partial charge is 0.492 e. The van der Waals surface area contributed by atoms with Gasteiger partial charge in [-0.15, -0.1) is 4.36 Å². The minimum Gasteiger partial charge on any atom is -0.492 e. The molecule has 0 bridgehead atoms. The van der Waals surface area contributed by atoms with Crippen LogP contribution in [0.25, 0.3) is 0 Å². The summed E-state index contributed by atoms with van der Waals surface area (Å²) in [6, 6.07) is 8.37. The number of nitrogens with two attached hydrogens (primary N) is 1. The Hall–Kier alpha value is -1.85. The summed E-state index contributed by atoms with van der Waals surface area (Å²) in [4.78, 5) is -0.522. The van der Waals surface area contributed by atoms with Gasteiger partial charge in [-0.2, -0.15) is 16.8 Å². The molecule has 2 rings (SSSR count). The van der Waals surface area contributed by atoms with Gasteiger partial charge in [-0.3, -0.25) is 4.55 Å². The van der Waals surface area contributed by atoms with Gasteiger partial charge in [0.2, 0.25) is 0 Å². The Balaban J connectivity index is 0.000000314. The van der Waals surface area contributed by atoms with Crippen molar-refractivity contribution in [3.05, 3.63) is 46.4 Å². The second kappa shape index (κ2) is 9.74. The zero-order valence-corrected chi connectivity index (χ0v) is 16.4. The Morgan fingerprint density at radius 3 is 2.31 bits per heavy atom. The number of nitrogens with zero attached hydrogens (tertiary/aromatic N) is 1. The van der Waals surface area contributed by atoms with Crippen molar-refractivity contribution >= 4 is 55.2 Å². The van der Waals surface area contributed by atoms with Gasteiger partial charge in [0.15, 0.2) is 0 Å². The lowest BCUT2D eigenvalue weighted by Crippen LogP contribution is -2.03. The zero-order chi connectivity index (χ0) is 19.9. The first-order valence-electron chi connectivity index (χ1n) is 6.80. The Morgan fingerprint density at radius 1 is 1.19 bits per heavy atom. The zero-order valence-electron chi connectivity index (χ0n) is 13.3. The second-order valence-electron chi connectivity index (χ2n) is 4.51. The molecule has 2 aromatic carbocycles. The van der Waals surface area contributed by atoms with Crippen molar-refractivity contribution < 1.29 is 26.1 Å². The highest BCUT2D eigenvalue weighted by Gasteiger charge is 2.17. The molecule has 0 fully saturated rings. The lowest BCUT2D eigenvalue weighted by atomic mass is 10.3. The van der Waals surface area contributed by atoms with Crippen LogP contribution in [0.1, 0.15) is 6.92 Å². The molecule has 0 aromatic heterocycles. The monoisotopic (exact) mass is 440 g/mol. The molecule has 12 heteroatoms. The van der Waals surface area contributed by atoms with Crippen LogP contribution in [0.15, 0.2) is 45.7 Å². The third-order valence-electron chi connectivity index (χ3n) is 2.64. The molecule has 0 saturated carbocycles. The summed E-state index contributed by atoms with van der Waals surface area (Å²) in [6.45, 7) is 1.84. The van der Waals surface area contributed by atoms with Gasteiger partial charge in [0, 0.05) is 5.02 Å². The van der Waals surface area contributed by atoms with E-state index in [2.05, 4.69) is 4.36 Å². The van der Waals surface area contributed by atoms with Crippen LogP contribution in [-0.2, 0) is 20.6 Å². The van der Waals surface area contributed by atoms with Crippen molar-refractivity contribution in [2.75, 3.05) is 12.3 Å². The van der Waals surface area contributed by atoms with E-state index in [-0.39, 0.29) is 18.0 Å². The van der Waals surface area contributed by atoms with E-state index in [0.29, 0.717) is 15.7 Å². The molecule has 0 radical (unpaired) electrons. The van der Waals surface area contributed by atoms with E-state index < -0.39 is 25.5 Å². The van der Waals surface area contributed by atoms with Gasteiger partial charge in [-0.05, 0) is 43.3 Å². The van der Waals surface area contributed by atoms with E-state index >= 15 is 0 Å². The molecule has 8 nitrogen and oxygen atoms in total. The second-order valence-corrected chi connectivity index (χ2v) is 7.36. The van der Waals surface area contributed by atoms with E-state index in [1.54, 1.807) is 25.1 Å². The topological polar surface area (TPSA) is 136 Å². The van der Waals surface area contributed by atoms with Gasteiger partial charge in [-0.1, -0.05) is 23.2 Å². The summed E-state index contributed by atoms with van der Waals surface area (Å²) in [6.07, 6.45) is 0. The highest BCUT2D eigenvalue weighted by Crippen LogP contribution is 2.28. The van der Waals surface area contributed by atoms with Gasteiger partial charge in [-0.25, -0.2) is 0 Å². The molecule has 0 heterocycles. The molecule has 0 aliphatic rings. The van der Waals surface area contributed by atoms with Crippen LogP contribution >= 0.6 is 23.2 Å². The summed E-state index contributed by atoms with van der Waals surface area (Å²) in [5.41, 5.74) is 5.81. The summed E-state index contributed by atoms with van der Waals surface area (Å²) in [5, 5.41) is 1.15. The maximum Gasteiger partial charge on any atom is 0.316 e. The first-order valence-corrected chi connectivity index (χ1v) is 10.0. The van der Waals surface area contributed by atoms with Gasteiger partial charge in [0.05, 0.1) is 23.0 Å². The normalized spacial score (nSPS) is 10.5. The maximum atomic E-state index is 11.0. The Kier molecular flexibility index (Phi) is 8.31. The van der Waals surface area contributed by atoms with E-state index in [4.69, 9.17) is 38.2 Å². The smallest absolute Gasteiger partial charge is 0.316 e. The van der Waals surface area contributed by atoms with Gasteiger partial charge < -0.3 is 10.5 Å². The molecule has 0 amide bonds. The van der Waals surface area contributed by atoms with E-state index in [0.717, 1.165) is 6.07 Å². The molecule has 0 unspecified atom stereocenters. The molecule has 142 valence electrons. The quantitative estimate of drug-likeness (QED) is 0.546. The van der Waals surface area contributed by atoms with Crippen LogP contribution in [0.3, 0.4) is 0 Å². The van der Waals surface area contributed by atoms with Crippen LogP contribution in [0.4, 0.5) is 11.4 Å². The minimum atomic E-state index is -4.50. The number of anilines is 1. The fraction of sp³-hybridized carbons (Fsp3) is 0.143. The average molecular weight is 441 g/mol. The third-order valence-corrected chi connectivity index (χ3v) is 4.46. The number of rotatable bonds is 4. The first-order chi connectivity index (χ1) is 12.0. The van der Waals surface area contributed by atoms with E-state index in [9.17, 15) is 16.8 Å². The number of nitrogen functional groups attached to an aromatic ring is 1. The van der Waals surface area contributed by atoms with Gasteiger partial charge in [0.1, 0.15) is 10.6 Å². The van der Waals surface area contributed by atoms with E-state index in [1.807, 2.05) is 0 Å². The first kappa shape index (κ1) is 22.2. The van der Waals surface area contributed by atoms with Crippen LogP contribution < -0.4 is 10.5 Å². The van der Waals surface area contributed by atoms with Crippen molar-refractivity contribution in [2.45, 2.75) is 11.8 Å². The number of hydrogen-bond donors (Lipinski definition) is 2. The minimum absolute atomic E-state index is 0.0642. The molecule has 3 N–H and O–H groups in total. The van der Waals surface area contributed by atoms with Gasteiger partial charge >= 0.3 is 10.5 Å². The Bertz CT molecular complexity index is 1020. The van der Waals surface area contributed by atoms with Crippen LogP contribution in [-0.4, -0.2) is 28.0 Å². The number of halogens is 2. The Morgan fingerprint density at radius 2 is 1.85 bits per heavy atom. The van der Waals surface area contributed by atoms with Crippen molar-refractivity contribution in [3.8, 4) is 5.75 Å². The van der Waals surface area contributed by atoms with Crippen molar-refractivity contribution in [1.29, 1.82) is 0 Å². The van der Waals surface area contributed by atoms with Crippen molar-refractivity contribution in [3.63, 3.8) is 0 Å². The summed E-state index contributed by atoms with van der Waals surface area (Å²) >= 11 is 11.2. The Labute approximate surface area is 162 Å². The SMILES string of the molecule is CCOc1ccc(N=S(=O)=O)cc1S(=O)(=O)O.Nc1cc(Cl)ccc1Cl. The highest BCUT2D eigenvalue weighted by atomic mass is 35.5. The van der Waals surface area contributed by atoms with E-state index in [1.165, 1.54) is 12.1 Å². The maximum absolute atomic E-state index is 11.0. The van der Waals surface area contributed by atoms with Crippen molar-refractivity contribution in [2.24, 2.45) is 4.36 Å². The predicted octanol–water partition coefficient (Wildman–Crippen LogP) is 3.60. The highest BCUT2D eigenvalue weighted by molar-refractivity contribution is 7.86. The number of benzene rings is 2. The standard InChI is InChI=1S/C8H9NO6S2.C6H5Cl2N/c1-2-15-7-4-3-6(9-16(10)11)5-8(7)17(12,13)14;7-4-1-2-5(8)6(9)3-4/h3-5H,2H2,1H3,(H,12,13,14);1-3H,9H2. The third kappa shape index (κ3) is 7.18. The number of ether oxygens (including phenoxy) is 1. The fourth-order valence-electron chi connectivity index (χ4n) is 1.63. The molecular formula is C14H14Cl2N2O6S2. The molecule has 2 aromatic rings. The lowest BCUT2D eigenvalue weighted by molar-refractivity contribution is 0.329. The summed E-state index contributed by atoms with van der Waals surface area (Å²) in [5.74, 6) is -0.0642. The van der Waals surface area contributed by atoms with Crippen LogP contribution in [0.5, 0.6) is 5.75 Å². The number of hydrogen-bond acceptors (Lipinski definition) is 7. The summed E-state index contributed by atoms with van der Waals surface area (Å²) < 4.78 is 59.8. The summed E-state index contributed by atoms with van der Waals surface area (Å²) in [7, 11) is -7.20. The molecule has 0 aliphatic carbocycles. The molecular weight excluding hydrogens is 427 g/mol.